The lowest BCUT2D eigenvalue weighted by Crippen LogP contribution is -2.45. The van der Waals surface area contributed by atoms with Crippen LogP contribution in [-0.4, -0.2) is 71.6 Å². The van der Waals surface area contributed by atoms with Crippen LogP contribution >= 0.6 is 0 Å². The van der Waals surface area contributed by atoms with E-state index >= 15 is 0 Å². The molecule has 0 saturated heterocycles. The van der Waals surface area contributed by atoms with Gasteiger partial charge in [0, 0.05) is 17.0 Å². The van der Waals surface area contributed by atoms with Crippen molar-refractivity contribution in [3.05, 3.63) is 119 Å². The summed E-state index contributed by atoms with van der Waals surface area (Å²) >= 11 is 0. The number of carbonyl (C=O) groups excluding carboxylic acids is 4. The Morgan fingerprint density at radius 3 is 1.42 bits per heavy atom. The molecule has 13 nitrogen and oxygen atoms in total. The third-order valence-corrected chi connectivity index (χ3v) is 9.14. The first-order valence-corrected chi connectivity index (χ1v) is 16.4. The first kappa shape index (κ1) is 38.2. The Hall–Kier alpha value is -6.08. The second kappa shape index (κ2) is 17.0. The summed E-state index contributed by atoms with van der Waals surface area (Å²) in [6, 6.07) is 24.4. The summed E-state index contributed by atoms with van der Waals surface area (Å²) in [7, 11) is 8.04. The minimum Gasteiger partial charge on any atom is -0.493 e. The number of benzene rings is 4. The van der Waals surface area contributed by atoms with E-state index in [4.69, 9.17) is 37.9 Å². The Balaban J connectivity index is 1.76. The van der Waals surface area contributed by atoms with E-state index in [-0.39, 0.29) is 22.6 Å². The highest BCUT2D eigenvalue weighted by molar-refractivity contribution is 5.89. The number of aliphatic hydroxyl groups excluding tert-OH is 1. The Morgan fingerprint density at radius 1 is 0.528 bits per heavy atom. The summed E-state index contributed by atoms with van der Waals surface area (Å²) in [5.41, 5.74) is 1.60. The Morgan fingerprint density at radius 2 is 0.962 bits per heavy atom. The highest BCUT2D eigenvalue weighted by Gasteiger charge is 2.53. The minimum atomic E-state index is -1.73. The van der Waals surface area contributed by atoms with Gasteiger partial charge in [0.25, 0.3) is 0 Å². The summed E-state index contributed by atoms with van der Waals surface area (Å²) in [6.07, 6.45) is -4.84. The summed E-state index contributed by atoms with van der Waals surface area (Å²) in [5, 5.41) is 12.2. The summed E-state index contributed by atoms with van der Waals surface area (Å²) in [5.74, 6) is -7.18. The Kier molecular flexibility index (Phi) is 12.2. The maximum Gasteiger partial charge on any atom is 0.351 e. The van der Waals surface area contributed by atoms with Crippen molar-refractivity contribution in [2.45, 2.75) is 24.2 Å². The van der Waals surface area contributed by atoms with Crippen LogP contribution in [0.5, 0.6) is 23.0 Å². The van der Waals surface area contributed by atoms with Crippen molar-refractivity contribution in [2.75, 3.05) is 42.7 Å². The molecule has 0 aromatic heterocycles. The molecule has 0 heterocycles. The number of carbonyl (C=O) groups is 4. The minimum absolute atomic E-state index is 0.204. The molecule has 278 valence electrons. The van der Waals surface area contributed by atoms with E-state index in [1.165, 1.54) is 34.5 Å². The van der Waals surface area contributed by atoms with Crippen LogP contribution in [0.2, 0.25) is 0 Å². The molecule has 0 radical (unpaired) electrons. The number of aliphatic hydroxyl groups is 1. The van der Waals surface area contributed by atoms with Crippen LogP contribution in [0.25, 0.3) is 0 Å². The van der Waals surface area contributed by atoms with Gasteiger partial charge in [-0.2, -0.15) is 0 Å². The fourth-order valence-corrected chi connectivity index (χ4v) is 6.58. The highest BCUT2D eigenvalue weighted by atomic mass is 16.6. The number of esters is 4. The smallest absolute Gasteiger partial charge is 0.351 e. The van der Waals surface area contributed by atoms with Crippen molar-refractivity contribution in [1.82, 2.24) is 0 Å². The molecule has 6 atom stereocenters. The number of ether oxygens (including phenoxy) is 8. The molecule has 1 aliphatic rings. The van der Waals surface area contributed by atoms with Crippen molar-refractivity contribution in [1.29, 1.82) is 0 Å². The van der Waals surface area contributed by atoms with E-state index in [2.05, 4.69) is 0 Å². The lowest BCUT2D eigenvalue weighted by atomic mass is 9.65. The van der Waals surface area contributed by atoms with Crippen LogP contribution in [0.1, 0.15) is 52.0 Å². The van der Waals surface area contributed by atoms with E-state index in [0.717, 1.165) is 14.2 Å². The molecule has 0 saturated carbocycles. The largest absolute Gasteiger partial charge is 0.493 e. The molecule has 0 fully saturated rings. The molecule has 1 N–H and O–H groups in total. The van der Waals surface area contributed by atoms with Gasteiger partial charge in [0.15, 0.2) is 23.0 Å². The van der Waals surface area contributed by atoms with Gasteiger partial charge in [-0.15, -0.1) is 0 Å². The fraction of sp³-hybridized carbons (Fsp3) is 0.300. The molecule has 13 heteroatoms. The van der Waals surface area contributed by atoms with Crippen molar-refractivity contribution >= 4 is 23.9 Å². The van der Waals surface area contributed by atoms with Gasteiger partial charge in [-0.3, -0.25) is 9.59 Å². The molecular weight excluding hydrogens is 688 g/mol. The first-order chi connectivity index (χ1) is 25.6. The van der Waals surface area contributed by atoms with Crippen molar-refractivity contribution in [3.63, 3.8) is 0 Å². The van der Waals surface area contributed by atoms with Crippen molar-refractivity contribution < 1.29 is 62.2 Å². The van der Waals surface area contributed by atoms with Crippen LogP contribution in [0.4, 0.5) is 0 Å². The maximum atomic E-state index is 14.8. The second-order valence-electron chi connectivity index (χ2n) is 11.9. The van der Waals surface area contributed by atoms with Gasteiger partial charge in [0.05, 0.1) is 54.7 Å². The molecule has 5 rings (SSSR count). The lowest BCUT2D eigenvalue weighted by Gasteiger charge is -2.41. The lowest BCUT2D eigenvalue weighted by molar-refractivity contribution is -0.182. The van der Waals surface area contributed by atoms with E-state index < -0.39 is 59.9 Å². The molecular formula is C40H40O13. The number of methoxy groups -OCH3 is 6. The van der Waals surface area contributed by atoms with Gasteiger partial charge in [-0.05, 0) is 41.0 Å². The zero-order valence-electron chi connectivity index (χ0n) is 30.0. The molecule has 0 bridgehead atoms. The zero-order chi connectivity index (χ0) is 38.2. The molecule has 4 aromatic carbocycles. The van der Waals surface area contributed by atoms with Crippen LogP contribution < -0.4 is 18.9 Å². The average molecular weight is 729 g/mol. The number of fused-ring (bicyclic) bond motifs is 1. The predicted molar refractivity (Wildman–Crippen MR) is 187 cm³/mol. The molecule has 0 amide bonds. The maximum absolute atomic E-state index is 14.8. The SMILES string of the molecule is COC(=O)[C@H](OC(=O)[C@@H]1[C@@H](C(=O)O[C@@H](C(=O)OC)c2ccccc2)[C@@H](c2ccc(OC)c(OC)c2)c2cc(OC)c(OC)cc2[C@H]1O)c1ccccc1. The van der Waals surface area contributed by atoms with Crippen molar-refractivity contribution in [3.8, 4) is 23.0 Å². The Labute approximate surface area is 306 Å². The van der Waals surface area contributed by atoms with E-state index in [1.807, 2.05) is 0 Å². The van der Waals surface area contributed by atoms with Gasteiger partial charge in [-0.25, -0.2) is 9.59 Å². The van der Waals surface area contributed by atoms with Gasteiger partial charge >= 0.3 is 23.9 Å². The summed E-state index contributed by atoms with van der Waals surface area (Å²) in [6.45, 7) is 0. The number of hydrogen-bond acceptors (Lipinski definition) is 13. The summed E-state index contributed by atoms with van der Waals surface area (Å²) in [4.78, 5) is 55.5. The zero-order valence-corrected chi connectivity index (χ0v) is 30.0. The van der Waals surface area contributed by atoms with E-state index in [0.29, 0.717) is 28.2 Å². The average Bonchev–Trinajstić information content (AvgIpc) is 3.20. The first-order valence-electron chi connectivity index (χ1n) is 16.4. The normalized spacial score (nSPS) is 18.6. The van der Waals surface area contributed by atoms with Crippen LogP contribution in [-0.2, 0) is 38.1 Å². The van der Waals surface area contributed by atoms with Gasteiger partial charge < -0.3 is 43.0 Å². The molecule has 53 heavy (non-hydrogen) atoms. The third-order valence-electron chi connectivity index (χ3n) is 9.14. The fourth-order valence-electron chi connectivity index (χ4n) is 6.58. The number of rotatable bonds is 13. The highest BCUT2D eigenvalue weighted by Crippen LogP contribution is 2.53. The molecule has 4 aromatic rings. The third kappa shape index (κ3) is 7.75. The number of hydrogen-bond donors (Lipinski definition) is 1. The topological polar surface area (TPSA) is 162 Å². The molecule has 0 unspecified atom stereocenters. The standard InChI is InChI=1S/C40H40O13/c1-46-27-18-17-24(19-28(27)47-2)31-25-20-29(48-3)30(49-4)21-26(25)34(41)33(38(43)53-36(40(45)51-6)23-15-11-8-12-16-23)32(31)37(42)52-35(39(44)50-5)22-13-9-7-10-14-22/h7-21,31-36,41H,1-6H3/t31-,32-,33+,34+,35+,36+/m0/s1. The van der Waals surface area contributed by atoms with Crippen LogP contribution in [0.3, 0.4) is 0 Å². The summed E-state index contributed by atoms with van der Waals surface area (Å²) < 4.78 is 44.0. The molecule has 1 aliphatic carbocycles. The van der Waals surface area contributed by atoms with E-state index in [1.54, 1.807) is 84.9 Å². The van der Waals surface area contributed by atoms with Crippen molar-refractivity contribution in [2.24, 2.45) is 11.8 Å². The second-order valence-corrected chi connectivity index (χ2v) is 11.9. The Bertz CT molecular complexity index is 1930. The van der Waals surface area contributed by atoms with Gasteiger partial charge in [0.1, 0.15) is 5.92 Å². The van der Waals surface area contributed by atoms with Gasteiger partial charge in [0.2, 0.25) is 12.2 Å². The quantitative estimate of drug-likeness (QED) is 0.144. The molecule has 0 spiro atoms. The van der Waals surface area contributed by atoms with Crippen LogP contribution in [0.15, 0.2) is 91.0 Å². The van der Waals surface area contributed by atoms with Crippen LogP contribution in [0, 0.1) is 11.8 Å². The van der Waals surface area contributed by atoms with Gasteiger partial charge in [-0.1, -0.05) is 66.7 Å². The van der Waals surface area contributed by atoms with E-state index in [9.17, 15) is 24.3 Å². The predicted octanol–water partition coefficient (Wildman–Crippen LogP) is 5.05. The molecule has 0 aliphatic heterocycles. The monoisotopic (exact) mass is 728 g/mol.